The minimum atomic E-state index is 0.183. The molecule has 0 spiro atoms. The first-order valence-corrected chi connectivity index (χ1v) is 14.6. The summed E-state index contributed by atoms with van der Waals surface area (Å²) in [7, 11) is 0. The van der Waals surface area contributed by atoms with Crippen LogP contribution in [0.5, 0.6) is 17.4 Å². The molecule has 188 valence electrons. The molecule has 4 nitrogen and oxygen atoms in total. The van der Waals surface area contributed by atoms with Gasteiger partial charge in [-0.3, -0.25) is 0 Å². The number of aromatic nitrogens is 1. The van der Waals surface area contributed by atoms with Crippen molar-refractivity contribution < 1.29 is 14.6 Å². The van der Waals surface area contributed by atoms with Crippen LogP contribution in [0.2, 0.25) is 0 Å². The van der Waals surface area contributed by atoms with Crippen molar-refractivity contribution >= 4 is 34.3 Å². The fraction of sp³-hybridized carbons (Fsp3) is 0.387. The second kappa shape index (κ2) is 8.08. The van der Waals surface area contributed by atoms with Gasteiger partial charge in [0.2, 0.25) is 12.7 Å². The Bertz CT molecular complexity index is 1580. The summed E-state index contributed by atoms with van der Waals surface area (Å²) in [5.74, 6) is 4.75. The molecule has 2 N–H and O–H groups in total. The van der Waals surface area contributed by atoms with E-state index in [1.807, 2.05) is 0 Å². The molecule has 6 heteroatoms. The number of benzene rings is 3. The molecule has 4 fully saturated rings. The zero-order chi connectivity index (χ0) is 24.7. The Hall–Kier alpha value is -2.83. The molecule has 5 aliphatic rings. The van der Waals surface area contributed by atoms with Gasteiger partial charge in [0.05, 0.1) is 4.88 Å². The van der Waals surface area contributed by atoms with Crippen molar-refractivity contribution in [3.63, 3.8) is 0 Å². The van der Waals surface area contributed by atoms with Crippen LogP contribution in [0.4, 0.5) is 0 Å². The first-order valence-electron chi connectivity index (χ1n) is 13.4. The van der Waals surface area contributed by atoms with Gasteiger partial charge in [-0.15, -0.1) is 11.3 Å². The van der Waals surface area contributed by atoms with Crippen LogP contribution in [-0.4, -0.2) is 16.9 Å². The second-order valence-electron chi connectivity index (χ2n) is 11.8. The number of ether oxygens (including phenoxy) is 2. The second-order valence-corrected chi connectivity index (χ2v) is 13.6. The summed E-state index contributed by atoms with van der Waals surface area (Å²) in [6.07, 6.45) is 8.89. The highest BCUT2D eigenvalue weighted by Crippen LogP contribution is 2.63. The van der Waals surface area contributed by atoms with E-state index < -0.39 is 0 Å². The predicted molar refractivity (Wildman–Crippen MR) is 149 cm³/mol. The molecular weight excluding hydrogens is 498 g/mol. The van der Waals surface area contributed by atoms with Gasteiger partial charge >= 0.3 is 0 Å². The third-order valence-corrected chi connectivity index (χ3v) is 10.6. The topological polar surface area (TPSA) is 54.5 Å². The third-order valence-electron chi connectivity index (χ3n) is 9.39. The monoisotopic (exact) mass is 527 g/mol. The number of thiazole rings is 1. The van der Waals surface area contributed by atoms with Gasteiger partial charge in [-0.05, 0) is 120 Å². The van der Waals surface area contributed by atoms with Gasteiger partial charge in [0, 0.05) is 12.0 Å². The molecule has 0 unspecified atom stereocenters. The average molecular weight is 528 g/mol. The highest BCUT2D eigenvalue weighted by atomic mass is 32.1. The van der Waals surface area contributed by atoms with E-state index in [1.54, 1.807) is 0 Å². The van der Waals surface area contributed by atoms with Crippen molar-refractivity contribution in [2.24, 2.45) is 17.8 Å². The number of fused-ring (bicyclic) bond motifs is 2. The number of hydrogen-bond acceptors (Lipinski definition) is 5. The summed E-state index contributed by atoms with van der Waals surface area (Å²) in [5, 5.41) is 12.5. The molecule has 4 aromatic rings. The number of hydrogen-bond donors (Lipinski definition) is 2. The maximum absolute atomic E-state index is 10.1. The smallest absolute Gasteiger partial charge is 0.231 e. The number of H-pyrrole nitrogens is 1. The largest absolute Gasteiger partial charge is 0.494 e. The summed E-state index contributed by atoms with van der Waals surface area (Å²) in [6, 6.07) is 17.9. The Morgan fingerprint density at radius 1 is 0.892 bits per heavy atom. The summed E-state index contributed by atoms with van der Waals surface area (Å²) in [6.45, 7) is 0.323. The van der Waals surface area contributed by atoms with Gasteiger partial charge in [0.15, 0.2) is 15.5 Å². The number of rotatable bonds is 4. The first-order chi connectivity index (χ1) is 18.0. The fourth-order valence-corrected chi connectivity index (χ4v) is 9.41. The van der Waals surface area contributed by atoms with Crippen molar-refractivity contribution in [1.29, 1.82) is 0 Å². The average Bonchev–Trinajstić information content (AvgIpc) is 3.47. The van der Waals surface area contributed by atoms with Crippen LogP contribution in [0, 0.1) is 21.7 Å². The van der Waals surface area contributed by atoms with E-state index in [-0.39, 0.29) is 11.3 Å². The molecule has 4 bridgehead atoms. The number of aromatic hydroxyl groups is 1. The van der Waals surface area contributed by atoms with Gasteiger partial charge in [-0.25, -0.2) is 0 Å². The molecule has 1 aromatic heterocycles. The Labute approximate surface area is 225 Å². The van der Waals surface area contributed by atoms with E-state index >= 15 is 0 Å². The molecule has 0 saturated heterocycles. The first kappa shape index (κ1) is 22.2. The van der Waals surface area contributed by atoms with Crippen LogP contribution in [0.3, 0.4) is 0 Å². The zero-order valence-corrected chi connectivity index (χ0v) is 22.2. The van der Waals surface area contributed by atoms with Crippen LogP contribution < -0.4 is 9.47 Å². The van der Waals surface area contributed by atoms with Gasteiger partial charge in [-0.1, -0.05) is 30.3 Å². The molecule has 1 aliphatic heterocycles. The van der Waals surface area contributed by atoms with Crippen molar-refractivity contribution in [1.82, 2.24) is 4.98 Å². The minimum Gasteiger partial charge on any atom is -0.494 e. The van der Waals surface area contributed by atoms with E-state index in [2.05, 4.69) is 53.5 Å². The van der Waals surface area contributed by atoms with Crippen LogP contribution in [0.15, 0.2) is 48.5 Å². The van der Waals surface area contributed by atoms with Crippen LogP contribution >= 0.6 is 23.6 Å². The van der Waals surface area contributed by atoms with Gasteiger partial charge in [0.1, 0.15) is 0 Å². The molecule has 0 radical (unpaired) electrons. The summed E-state index contributed by atoms with van der Waals surface area (Å²) in [4.78, 5) is 3.70. The van der Waals surface area contributed by atoms with Crippen molar-refractivity contribution in [3.8, 4) is 28.5 Å². The lowest BCUT2D eigenvalue weighted by Crippen LogP contribution is -2.48. The molecule has 3 aromatic carbocycles. The van der Waals surface area contributed by atoms with E-state index in [1.165, 1.54) is 77.3 Å². The van der Waals surface area contributed by atoms with Crippen LogP contribution in [0.1, 0.15) is 54.5 Å². The van der Waals surface area contributed by atoms with Gasteiger partial charge < -0.3 is 19.6 Å². The zero-order valence-electron chi connectivity index (χ0n) is 20.6. The number of nitrogens with one attached hydrogen (secondary N) is 1. The standard InChI is InChI=1S/C31H29NO3S2/c33-29-27(37-30(36)32-29)9-17-1-2-22-10-23(4-3-21(22)8-17)24-11-25(28-26(12-24)34-16-35-28)31-13-18-5-19(14-31)7-20(6-18)15-31/h1-4,8,10-12,18-20,33H,5-7,9,13-16H2,(H,32,36). The minimum absolute atomic E-state index is 0.183. The van der Waals surface area contributed by atoms with Crippen molar-refractivity contribution in [2.45, 2.75) is 50.4 Å². The molecule has 4 saturated carbocycles. The normalized spacial score (nSPS) is 27.3. The van der Waals surface area contributed by atoms with Crippen LogP contribution in [-0.2, 0) is 11.8 Å². The number of aromatic amines is 1. The molecule has 0 amide bonds. The third kappa shape index (κ3) is 3.63. The molecule has 37 heavy (non-hydrogen) atoms. The Morgan fingerprint density at radius 2 is 1.62 bits per heavy atom. The lowest BCUT2D eigenvalue weighted by molar-refractivity contribution is -0.00626. The van der Waals surface area contributed by atoms with Gasteiger partial charge in [-0.2, -0.15) is 0 Å². The molecule has 0 atom stereocenters. The van der Waals surface area contributed by atoms with Crippen molar-refractivity contribution in [3.05, 3.63) is 68.5 Å². The lowest BCUT2D eigenvalue weighted by Gasteiger charge is -2.57. The van der Waals surface area contributed by atoms with Crippen LogP contribution in [0.25, 0.3) is 21.9 Å². The SMILES string of the molecule is Oc1[nH]c(=S)sc1Cc1ccc2cc(-c3cc4c(c(C56CC7CC(CC(C7)C5)C6)c3)OCO4)ccc2c1. The van der Waals surface area contributed by atoms with Gasteiger partial charge in [0.25, 0.3) is 0 Å². The maximum atomic E-state index is 10.1. The fourth-order valence-electron chi connectivity index (χ4n) is 8.25. The quantitative estimate of drug-likeness (QED) is 0.263. The predicted octanol–water partition coefficient (Wildman–Crippen LogP) is 8.12. The van der Waals surface area contributed by atoms with E-state index in [9.17, 15) is 5.11 Å². The van der Waals surface area contributed by atoms with E-state index in [0.29, 0.717) is 17.2 Å². The molecule has 2 heterocycles. The molecular formula is C31H29NO3S2. The summed E-state index contributed by atoms with van der Waals surface area (Å²) < 4.78 is 12.7. The Balaban J connectivity index is 1.17. The lowest BCUT2D eigenvalue weighted by atomic mass is 9.48. The highest BCUT2D eigenvalue weighted by molar-refractivity contribution is 7.73. The van der Waals surface area contributed by atoms with Crippen molar-refractivity contribution in [2.75, 3.05) is 6.79 Å². The Kier molecular flexibility index (Phi) is 4.85. The van der Waals surface area contributed by atoms with E-state index in [4.69, 9.17) is 21.7 Å². The molecule has 4 aliphatic carbocycles. The Morgan fingerprint density at radius 3 is 2.35 bits per heavy atom. The summed E-state index contributed by atoms with van der Waals surface area (Å²) in [5.41, 5.74) is 5.25. The highest BCUT2D eigenvalue weighted by Gasteiger charge is 2.53. The molecule has 9 rings (SSSR count). The summed E-state index contributed by atoms with van der Waals surface area (Å²) >= 11 is 6.61. The van der Waals surface area contributed by atoms with E-state index in [0.717, 1.165) is 39.7 Å². The maximum Gasteiger partial charge on any atom is 0.231 e.